The van der Waals surface area contributed by atoms with Gasteiger partial charge in [0.2, 0.25) is 5.91 Å². The molecule has 0 radical (unpaired) electrons. The lowest BCUT2D eigenvalue weighted by molar-refractivity contribution is -0.114. The average Bonchev–Trinajstić information content (AvgIpc) is 2.53. The van der Waals surface area contributed by atoms with Gasteiger partial charge in [-0.3, -0.25) is 9.59 Å². The van der Waals surface area contributed by atoms with Crippen molar-refractivity contribution in [3.8, 4) is 0 Å². The lowest BCUT2D eigenvalue weighted by atomic mass is 9.96. The number of aldehydes is 1. The largest absolute Gasteiger partial charge is 0.317 e. The maximum absolute atomic E-state index is 11.0. The quantitative estimate of drug-likeness (QED) is 0.782. The molecule has 1 aliphatic carbocycles. The topological polar surface area (TPSA) is 46.2 Å². The standard InChI is InChI=1S/C11H13NO2S/c1-7(14)12-11-9(6-13)8-4-2-3-5-10(8)15-11/h6H,2-5H2,1H3,(H,12,14). The van der Waals surface area contributed by atoms with Crippen molar-refractivity contribution in [2.24, 2.45) is 0 Å². The third kappa shape index (κ3) is 1.95. The predicted molar refractivity (Wildman–Crippen MR) is 60.7 cm³/mol. The van der Waals surface area contributed by atoms with Gasteiger partial charge in [0, 0.05) is 11.8 Å². The first-order chi connectivity index (χ1) is 7.22. The van der Waals surface area contributed by atoms with Gasteiger partial charge in [0.1, 0.15) is 5.00 Å². The van der Waals surface area contributed by atoms with Crippen molar-refractivity contribution >= 4 is 28.5 Å². The summed E-state index contributed by atoms with van der Waals surface area (Å²) in [5.41, 5.74) is 1.86. The summed E-state index contributed by atoms with van der Waals surface area (Å²) in [6.07, 6.45) is 5.21. The third-order valence-electron chi connectivity index (χ3n) is 2.62. The molecule has 1 aromatic rings. The molecular formula is C11H13NO2S. The van der Waals surface area contributed by atoms with E-state index in [1.165, 1.54) is 18.2 Å². The van der Waals surface area contributed by atoms with Gasteiger partial charge < -0.3 is 5.32 Å². The Kier molecular flexibility index (Phi) is 2.86. The Labute approximate surface area is 92.5 Å². The van der Waals surface area contributed by atoms with E-state index in [1.807, 2.05) is 0 Å². The number of thiophene rings is 1. The van der Waals surface area contributed by atoms with Crippen molar-refractivity contribution in [1.82, 2.24) is 0 Å². The number of nitrogens with one attached hydrogen (secondary N) is 1. The fourth-order valence-electron chi connectivity index (χ4n) is 1.97. The van der Waals surface area contributed by atoms with Crippen molar-refractivity contribution in [2.75, 3.05) is 5.32 Å². The second kappa shape index (κ2) is 4.14. The highest BCUT2D eigenvalue weighted by Gasteiger charge is 2.20. The van der Waals surface area contributed by atoms with E-state index in [-0.39, 0.29) is 5.91 Å². The highest BCUT2D eigenvalue weighted by molar-refractivity contribution is 7.16. The number of fused-ring (bicyclic) bond motifs is 1. The van der Waals surface area contributed by atoms with E-state index in [9.17, 15) is 9.59 Å². The van der Waals surface area contributed by atoms with Crippen molar-refractivity contribution in [1.29, 1.82) is 0 Å². The normalized spacial score (nSPS) is 14.5. The number of rotatable bonds is 2. The lowest BCUT2D eigenvalue weighted by Crippen LogP contribution is -2.06. The van der Waals surface area contributed by atoms with Crippen LogP contribution < -0.4 is 5.32 Å². The highest BCUT2D eigenvalue weighted by atomic mass is 32.1. The average molecular weight is 223 g/mol. The minimum Gasteiger partial charge on any atom is -0.317 e. The maximum Gasteiger partial charge on any atom is 0.221 e. The molecule has 0 saturated carbocycles. The van der Waals surface area contributed by atoms with E-state index in [0.29, 0.717) is 5.56 Å². The zero-order valence-electron chi connectivity index (χ0n) is 8.63. The number of hydrogen-bond acceptors (Lipinski definition) is 3. The van der Waals surface area contributed by atoms with Crippen LogP contribution in [0, 0.1) is 0 Å². The Morgan fingerprint density at radius 2 is 2.13 bits per heavy atom. The van der Waals surface area contributed by atoms with Gasteiger partial charge in [-0.1, -0.05) is 0 Å². The molecule has 1 heterocycles. The molecular weight excluding hydrogens is 210 g/mol. The summed E-state index contributed by atoms with van der Waals surface area (Å²) >= 11 is 1.55. The molecule has 0 bridgehead atoms. The molecule has 3 nitrogen and oxygen atoms in total. The van der Waals surface area contributed by atoms with E-state index < -0.39 is 0 Å². The van der Waals surface area contributed by atoms with E-state index in [1.54, 1.807) is 11.3 Å². The van der Waals surface area contributed by atoms with Crippen LogP contribution in [0.4, 0.5) is 5.00 Å². The van der Waals surface area contributed by atoms with Crippen LogP contribution in [-0.4, -0.2) is 12.2 Å². The fourth-order valence-corrected chi connectivity index (χ4v) is 3.27. The van der Waals surface area contributed by atoms with Crippen LogP contribution in [0.5, 0.6) is 0 Å². The fraction of sp³-hybridized carbons (Fsp3) is 0.455. The van der Waals surface area contributed by atoms with Crippen molar-refractivity contribution in [2.45, 2.75) is 32.6 Å². The van der Waals surface area contributed by atoms with Gasteiger partial charge in [-0.05, 0) is 31.2 Å². The first-order valence-corrected chi connectivity index (χ1v) is 5.91. The van der Waals surface area contributed by atoms with Crippen LogP contribution in [0.15, 0.2) is 0 Å². The minimum atomic E-state index is -0.114. The van der Waals surface area contributed by atoms with Crippen LogP contribution >= 0.6 is 11.3 Å². The van der Waals surface area contributed by atoms with Crippen LogP contribution in [0.25, 0.3) is 0 Å². The highest BCUT2D eigenvalue weighted by Crippen LogP contribution is 2.36. The first-order valence-electron chi connectivity index (χ1n) is 5.09. The molecule has 0 aliphatic heterocycles. The number of hydrogen-bond donors (Lipinski definition) is 1. The second-order valence-corrected chi connectivity index (χ2v) is 4.86. The molecule has 0 aromatic carbocycles. The van der Waals surface area contributed by atoms with Gasteiger partial charge >= 0.3 is 0 Å². The molecule has 0 fully saturated rings. The maximum atomic E-state index is 11.0. The lowest BCUT2D eigenvalue weighted by Gasteiger charge is -2.10. The molecule has 0 atom stereocenters. The van der Waals surface area contributed by atoms with Crippen molar-refractivity contribution in [3.63, 3.8) is 0 Å². The molecule has 80 valence electrons. The van der Waals surface area contributed by atoms with Crippen LogP contribution in [0.2, 0.25) is 0 Å². The molecule has 0 spiro atoms. The zero-order chi connectivity index (χ0) is 10.8. The molecule has 1 amide bonds. The Hall–Kier alpha value is -1.16. The number of anilines is 1. The molecule has 1 aromatic heterocycles. The molecule has 15 heavy (non-hydrogen) atoms. The summed E-state index contributed by atoms with van der Waals surface area (Å²) in [7, 11) is 0. The predicted octanol–water partition coefficient (Wildman–Crippen LogP) is 2.40. The summed E-state index contributed by atoms with van der Waals surface area (Å²) in [6.45, 7) is 1.47. The SMILES string of the molecule is CC(=O)Nc1sc2c(c1C=O)CCCC2. The Morgan fingerprint density at radius 3 is 2.80 bits per heavy atom. The summed E-state index contributed by atoms with van der Waals surface area (Å²) in [5, 5.41) is 3.46. The van der Waals surface area contributed by atoms with Crippen molar-refractivity contribution < 1.29 is 9.59 Å². The third-order valence-corrected chi connectivity index (χ3v) is 3.84. The molecule has 1 N–H and O–H groups in total. The Morgan fingerprint density at radius 1 is 1.40 bits per heavy atom. The molecule has 1 aliphatic rings. The first kappa shape index (κ1) is 10.4. The number of aryl methyl sites for hydroxylation is 1. The Bertz CT molecular complexity index is 409. The number of carbonyl (C=O) groups excluding carboxylic acids is 2. The van der Waals surface area contributed by atoms with E-state index in [0.717, 1.165) is 36.1 Å². The molecule has 0 saturated heterocycles. The van der Waals surface area contributed by atoms with Gasteiger partial charge in [0.15, 0.2) is 6.29 Å². The van der Waals surface area contributed by atoms with E-state index >= 15 is 0 Å². The molecule has 0 unspecified atom stereocenters. The number of carbonyl (C=O) groups is 2. The zero-order valence-corrected chi connectivity index (χ0v) is 9.45. The summed E-state index contributed by atoms with van der Waals surface area (Å²) in [5.74, 6) is -0.114. The van der Waals surface area contributed by atoms with Crippen LogP contribution in [0.3, 0.4) is 0 Å². The van der Waals surface area contributed by atoms with E-state index in [4.69, 9.17) is 0 Å². The van der Waals surface area contributed by atoms with Crippen LogP contribution in [0.1, 0.15) is 40.6 Å². The summed E-state index contributed by atoms with van der Waals surface area (Å²) in [4.78, 5) is 23.2. The second-order valence-electron chi connectivity index (χ2n) is 3.75. The van der Waals surface area contributed by atoms with E-state index in [2.05, 4.69) is 5.32 Å². The summed E-state index contributed by atoms with van der Waals surface area (Å²) < 4.78 is 0. The van der Waals surface area contributed by atoms with Gasteiger partial charge in [-0.15, -0.1) is 11.3 Å². The smallest absolute Gasteiger partial charge is 0.221 e. The summed E-state index contributed by atoms with van der Waals surface area (Å²) in [6, 6.07) is 0. The van der Waals surface area contributed by atoms with Gasteiger partial charge in [0.25, 0.3) is 0 Å². The number of amides is 1. The van der Waals surface area contributed by atoms with Gasteiger partial charge in [-0.25, -0.2) is 0 Å². The van der Waals surface area contributed by atoms with Crippen molar-refractivity contribution in [3.05, 3.63) is 16.0 Å². The monoisotopic (exact) mass is 223 g/mol. The van der Waals surface area contributed by atoms with Gasteiger partial charge in [-0.2, -0.15) is 0 Å². The van der Waals surface area contributed by atoms with Gasteiger partial charge in [0.05, 0.1) is 5.56 Å². The minimum absolute atomic E-state index is 0.114. The van der Waals surface area contributed by atoms with Crippen LogP contribution in [-0.2, 0) is 17.6 Å². The Balaban J connectivity index is 2.41. The molecule has 4 heteroatoms. The molecule has 2 rings (SSSR count).